The van der Waals surface area contributed by atoms with Crippen LogP contribution >= 0.6 is 11.6 Å². The van der Waals surface area contributed by atoms with Gasteiger partial charge in [-0.25, -0.2) is 0 Å². The maximum absolute atomic E-state index is 12.3. The fourth-order valence-corrected chi connectivity index (χ4v) is 2.30. The van der Waals surface area contributed by atoms with Crippen molar-refractivity contribution in [2.24, 2.45) is 0 Å². The molecule has 0 fully saturated rings. The third kappa shape index (κ3) is 4.37. The first-order valence-corrected chi connectivity index (χ1v) is 7.88. The minimum absolute atomic E-state index is 0.00263. The van der Waals surface area contributed by atoms with E-state index in [1.54, 1.807) is 18.2 Å². The first-order chi connectivity index (χ1) is 11.5. The van der Waals surface area contributed by atoms with Crippen molar-refractivity contribution in [1.82, 2.24) is 5.32 Å². The zero-order valence-corrected chi connectivity index (χ0v) is 14.3. The molecule has 0 radical (unpaired) electrons. The van der Waals surface area contributed by atoms with E-state index in [1.165, 1.54) is 6.20 Å². The number of carbonyl (C=O) groups excluding carboxylic acids is 1. The Morgan fingerprint density at radius 2 is 1.92 bits per heavy atom. The van der Waals surface area contributed by atoms with Crippen molar-refractivity contribution in [3.8, 4) is 6.07 Å². The Morgan fingerprint density at radius 3 is 2.58 bits per heavy atom. The third-order valence-corrected chi connectivity index (χ3v) is 4.07. The smallest absolute Gasteiger partial charge is 0.267 e. The third-order valence-electron chi connectivity index (χ3n) is 3.66. The molecule has 0 aliphatic carbocycles. The van der Waals surface area contributed by atoms with Crippen LogP contribution in [0.4, 0.5) is 5.69 Å². The molecule has 2 aromatic rings. The van der Waals surface area contributed by atoms with Crippen molar-refractivity contribution in [1.29, 1.82) is 5.26 Å². The number of hydrogen-bond donors (Lipinski definition) is 2. The SMILES string of the molecule is Cc1c(Cl)cccc1NC(=O)/C(C#N)=C\NC(C)c1ccccc1. The van der Waals surface area contributed by atoms with E-state index in [0.29, 0.717) is 10.7 Å². The molecule has 1 atom stereocenters. The molecule has 0 saturated heterocycles. The number of anilines is 1. The van der Waals surface area contributed by atoms with Gasteiger partial charge in [0.2, 0.25) is 0 Å². The van der Waals surface area contributed by atoms with Crippen LogP contribution in [-0.4, -0.2) is 5.91 Å². The molecule has 24 heavy (non-hydrogen) atoms. The molecule has 1 unspecified atom stereocenters. The molecule has 0 aliphatic rings. The van der Waals surface area contributed by atoms with Gasteiger partial charge in [-0.3, -0.25) is 4.79 Å². The van der Waals surface area contributed by atoms with Crippen molar-refractivity contribution in [2.75, 3.05) is 5.32 Å². The van der Waals surface area contributed by atoms with Crippen LogP contribution in [0.25, 0.3) is 0 Å². The molecule has 1 amide bonds. The molecular weight excluding hydrogens is 322 g/mol. The second-order valence-corrected chi connectivity index (χ2v) is 5.74. The van der Waals surface area contributed by atoms with Crippen LogP contribution in [0, 0.1) is 18.3 Å². The van der Waals surface area contributed by atoms with Crippen LogP contribution in [0.5, 0.6) is 0 Å². The van der Waals surface area contributed by atoms with Crippen LogP contribution in [0.2, 0.25) is 5.02 Å². The number of halogens is 1. The number of carbonyl (C=O) groups is 1. The number of benzene rings is 2. The van der Waals surface area contributed by atoms with Gasteiger partial charge >= 0.3 is 0 Å². The molecule has 2 aromatic carbocycles. The quantitative estimate of drug-likeness (QED) is 0.629. The Hall–Kier alpha value is -2.77. The normalized spacial score (nSPS) is 12.2. The van der Waals surface area contributed by atoms with E-state index in [1.807, 2.05) is 50.2 Å². The summed E-state index contributed by atoms with van der Waals surface area (Å²) in [5.41, 5.74) is 2.41. The fraction of sp³-hybridized carbons (Fsp3) is 0.158. The van der Waals surface area contributed by atoms with E-state index in [0.717, 1.165) is 11.1 Å². The van der Waals surface area contributed by atoms with Crippen molar-refractivity contribution in [3.05, 3.63) is 76.5 Å². The highest BCUT2D eigenvalue weighted by Gasteiger charge is 2.12. The highest BCUT2D eigenvalue weighted by Crippen LogP contribution is 2.23. The van der Waals surface area contributed by atoms with Gasteiger partial charge in [0.1, 0.15) is 11.6 Å². The van der Waals surface area contributed by atoms with E-state index < -0.39 is 5.91 Å². The lowest BCUT2D eigenvalue weighted by Crippen LogP contribution is -2.19. The Bertz CT molecular complexity index is 794. The van der Waals surface area contributed by atoms with Gasteiger partial charge in [-0.2, -0.15) is 5.26 Å². The van der Waals surface area contributed by atoms with Gasteiger partial charge in [-0.1, -0.05) is 48.0 Å². The topological polar surface area (TPSA) is 64.9 Å². The summed E-state index contributed by atoms with van der Waals surface area (Å²) in [7, 11) is 0. The molecule has 0 heterocycles. The largest absolute Gasteiger partial charge is 0.383 e. The highest BCUT2D eigenvalue weighted by molar-refractivity contribution is 6.31. The first-order valence-electron chi connectivity index (χ1n) is 7.50. The lowest BCUT2D eigenvalue weighted by atomic mass is 10.1. The van der Waals surface area contributed by atoms with Crippen LogP contribution in [0.15, 0.2) is 60.3 Å². The molecular formula is C19H18ClN3O. The summed E-state index contributed by atoms with van der Waals surface area (Å²) in [6.07, 6.45) is 1.44. The minimum Gasteiger partial charge on any atom is -0.383 e. The Morgan fingerprint density at radius 1 is 1.21 bits per heavy atom. The van der Waals surface area contributed by atoms with Gasteiger partial charge in [0.25, 0.3) is 5.91 Å². The van der Waals surface area contributed by atoms with Gasteiger partial charge < -0.3 is 10.6 Å². The molecule has 5 heteroatoms. The van der Waals surface area contributed by atoms with Crippen molar-refractivity contribution >= 4 is 23.2 Å². The summed E-state index contributed by atoms with van der Waals surface area (Å²) in [6.45, 7) is 3.77. The Labute approximate surface area is 146 Å². The second kappa shape index (κ2) is 8.19. The van der Waals surface area contributed by atoms with E-state index in [-0.39, 0.29) is 11.6 Å². The Balaban J connectivity index is 2.09. The molecule has 0 aromatic heterocycles. The number of nitrogens with one attached hydrogen (secondary N) is 2. The predicted octanol–water partition coefficient (Wildman–Crippen LogP) is 4.35. The average Bonchev–Trinajstić information content (AvgIpc) is 2.60. The summed E-state index contributed by atoms with van der Waals surface area (Å²) < 4.78 is 0. The lowest BCUT2D eigenvalue weighted by molar-refractivity contribution is -0.112. The van der Waals surface area contributed by atoms with E-state index in [9.17, 15) is 10.1 Å². The zero-order chi connectivity index (χ0) is 17.5. The fourth-order valence-electron chi connectivity index (χ4n) is 2.13. The van der Waals surface area contributed by atoms with Gasteiger partial charge in [0.05, 0.1) is 0 Å². The number of rotatable bonds is 5. The highest BCUT2D eigenvalue weighted by atomic mass is 35.5. The summed E-state index contributed by atoms with van der Waals surface area (Å²) >= 11 is 6.04. The first kappa shape index (κ1) is 17.6. The maximum atomic E-state index is 12.3. The number of hydrogen-bond acceptors (Lipinski definition) is 3. The van der Waals surface area contributed by atoms with Gasteiger partial charge in [-0.15, -0.1) is 0 Å². The molecule has 2 rings (SSSR count). The molecule has 2 N–H and O–H groups in total. The average molecular weight is 340 g/mol. The molecule has 0 spiro atoms. The van der Waals surface area contributed by atoms with E-state index in [4.69, 9.17) is 11.6 Å². The van der Waals surface area contributed by atoms with Gasteiger partial charge in [0.15, 0.2) is 0 Å². The minimum atomic E-state index is -0.476. The van der Waals surface area contributed by atoms with Crippen molar-refractivity contribution in [3.63, 3.8) is 0 Å². The summed E-state index contributed by atoms with van der Waals surface area (Å²) in [4.78, 5) is 12.3. The van der Waals surface area contributed by atoms with Crippen molar-refractivity contribution < 1.29 is 4.79 Å². The molecule has 0 saturated carbocycles. The van der Waals surface area contributed by atoms with Gasteiger partial charge in [-0.05, 0) is 37.1 Å². The monoisotopic (exact) mass is 339 g/mol. The molecule has 4 nitrogen and oxygen atoms in total. The van der Waals surface area contributed by atoms with Crippen molar-refractivity contribution in [2.45, 2.75) is 19.9 Å². The lowest BCUT2D eigenvalue weighted by Gasteiger charge is -2.13. The number of nitriles is 1. The van der Waals surface area contributed by atoms with Crippen LogP contribution in [0.1, 0.15) is 24.1 Å². The molecule has 0 aliphatic heterocycles. The molecule has 0 bridgehead atoms. The predicted molar refractivity (Wildman–Crippen MR) is 96.5 cm³/mol. The number of nitrogens with zero attached hydrogens (tertiary/aromatic N) is 1. The summed E-state index contributed by atoms with van der Waals surface area (Å²) in [6, 6.07) is 16.9. The van der Waals surface area contributed by atoms with Crippen LogP contribution in [-0.2, 0) is 4.79 Å². The van der Waals surface area contributed by atoms with E-state index in [2.05, 4.69) is 10.6 Å². The van der Waals surface area contributed by atoms with Crippen LogP contribution in [0.3, 0.4) is 0 Å². The summed E-state index contributed by atoms with van der Waals surface area (Å²) in [5.74, 6) is -0.476. The Kier molecular flexibility index (Phi) is 6.00. The molecule has 122 valence electrons. The maximum Gasteiger partial charge on any atom is 0.267 e. The summed E-state index contributed by atoms with van der Waals surface area (Å²) in [5, 5.41) is 15.6. The number of amides is 1. The van der Waals surface area contributed by atoms with E-state index >= 15 is 0 Å². The van der Waals surface area contributed by atoms with Crippen LogP contribution < -0.4 is 10.6 Å². The zero-order valence-electron chi connectivity index (χ0n) is 13.5. The van der Waals surface area contributed by atoms with Gasteiger partial charge in [0, 0.05) is 23.0 Å². The standard InChI is InChI=1S/C19H18ClN3O/c1-13-17(20)9-6-10-18(13)23-19(24)16(11-21)12-22-14(2)15-7-4-3-5-8-15/h3-10,12,14,22H,1-2H3,(H,23,24)/b16-12-. The second-order valence-electron chi connectivity index (χ2n) is 5.34.